The zero-order valence-electron chi connectivity index (χ0n) is 19.4. The van der Waals surface area contributed by atoms with Crippen LogP contribution in [0.4, 0.5) is 0 Å². The van der Waals surface area contributed by atoms with Crippen molar-refractivity contribution in [1.82, 2.24) is 24.0 Å². The van der Waals surface area contributed by atoms with Crippen LogP contribution in [-0.4, -0.2) is 30.8 Å². The minimum Gasteiger partial charge on any atom is -0.458 e. The van der Waals surface area contributed by atoms with Gasteiger partial charge in [-0.15, -0.1) is 0 Å². The van der Waals surface area contributed by atoms with Gasteiger partial charge in [-0.1, -0.05) is 60.7 Å². The molecule has 0 N–H and O–H groups in total. The van der Waals surface area contributed by atoms with Crippen LogP contribution >= 0.6 is 0 Å². The van der Waals surface area contributed by atoms with Gasteiger partial charge in [0.05, 0.1) is 22.7 Å². The fourth-order valence-electron chi connectivity index (χ4n) is 5.84. The van der Waals surface area contributed by atoms with E-state index in [2.05, 4.69) is 51.5 Å². The molecule has 7 nitrogen and oxygen atoms in total. The highest BCUT2D eigenvalue weighted by molar-refractivity contribution is 6.87. The minimum atomic E-state index is -0.146. The molecule has 0 bridgehead atoms. The average Bonchev–Trinajstić information content (AvgIpc) is 3.48. The quantitative estimate of drug-likeness (QED) is 0.318. The minimum absolute atomic E-state index is 0.146. The second kappa shape index (κ2) is 6.76. The van der Waals surface area contributed by atoms with E-state index in [1.54, 1.807) is 0 Å². The van der Waals surface area contributed by atoms with Gasteiger partial charge in [-0.05, 0) is 35.8 Å². The van der Waals surface area contributed by atoms with Crippen molar-refractivity contribution in [3.8, 4) is 29.2 Å². The van der Waals surface area contributed by atoms with Crippen molar-refractivity contribution in [2.45, 2.75) is 0 Å². The second-order valence-electron chi connectivity index (χ2n) is 9.33. The molecule has 0 aliphatic carbocycles. The number of ether oxygens (including phenoxy) is 2. The molecule has 0 radical (unpaired) electrons. The third-order valence-corrected chi connectivity index (χ3v) is 7.38. The number of fused-ring (bicyclic) bond motifs is 9. The molecular weight excluding hydrogens is 461 g/mol. The summed E-state index contributed by atoms with van der Waals surface area (Å²) >= 11 is 0. The molecule has 9 rings (SSSR count). The van der Waals surface area contributed by atoms with Crippen molar-refractivity contribution >= 4 is 50.7 Å². The van der Waals surface area contributed by atoms with Gasteiger partial charge < -0.3 is 14.0 Å². The molecule has 0 unspecified atom stereocenters. The van der Waals surface area contributed by atoms with E-state index < -0.39 is 0 Å². The monoisotopic (exact) mass is 477 g/mol. The molecule has 8 heteroatoms. The third-order valence-electron chi connectivity index (χ3n) is 7.38. The highest BCUT2D eigenvalue weighted by Crippen LogP contribution is 2.37. The Bertz CT molecular complexity index is 2030. The molecule has 0 saturated heterocycles. The Balaban J connectivity index is 1.31. The molecule has 7 aromatic rings. The number of nitrogens with zero attached hydrogens (tertiary/aromatic N) is 5. The Hall–Kier alpha value is -5.11. The largest absolute Gasteiger partial charge is 0.458 e. The van der Waals surface area contributed by atoms with E-state index >= 15 is 0 Å². The molecule has 0 amide bonds. The topological polar surface area (TPSA) is 67.0 Å². The summed E-state index contributed by atoms with van der Waals surface area (Å²) in [5.41, 5.74) is 5.54. The number of para-hydroxylation sites is 3. The van der Waals surface area contributed by atoms with Crippen LogP contribution in [0.25, 0.3) is 38.9 Å². The SMILES string of the molecule is c1ccc2c(c1)Oc1cccc3c1B2n1c(nc2nc(-n4c5ccccc5c5ccccc54)ncc21)O3. The maximum atomic E-state index is 6.29. The van der Waals surface area contributed by atoms with E-state index in [-0.39, 0.29) is 6.85 Å². The van der Waals surface area contributed by atoms with Gasteiger partial charge in [-0.2, -0.15) is 9.97 Å². The summed E-state index contributed by atoms with van der Waals surface area (Å²) in [6, 6.07) is 31.1. The Morgan fingerprint density at radius 3 is 2.11 bits per heavy atom. The van der Waals surface area contributed by atoms with Crippen molar-refractivity contribution < 1.29 is 9.47 Å². The standard InChI is InChI=1S/C29H16BN5O2/c1-4-11-20-17(8-1)18-9-2-5-12-21(18)34(20)28-31-16-22-27(32-28)33-29-35(22)30-19-10-3-6-13-23(19)36-24-14-7-15-25(37-29)26(24)30/h1-16H. The smallest absolute Gasteiger partial charge is 0.345 e. The van der Waals surface area contributed by atoms with Crippen LogP contribution < -0.4 is 20.4 Å². The first-order chi connectivity index (χ1) is 18.3. The maximum absolute atomic E-state index is 6.29. The molecule has 0 spiro atoms. The van der Waals surface area contributed by atoms with Crippen LogP contribution in [0.15, 0.2) is 97.2 Å². The third kappa shape index (κ3) is 2.44. The fourth-order valence-corrected chi connectivity index (χ4v) is 5.84. The molecular formula is C29H16BN5O2. The summed E-state index contributed by atoms with van der Waals surface area (Å²) in [7, 11) is 0. The number of hydrogen-bond acceptors (Lipinski definition) is 5. The van der Waals surface area contributed by atoms with Gasteiger partial charge in [-0.3, -0.25) is 4.57 Å². The molecule has 2 aliphatic rings. The molecule has 0 saturated carbocycles. The van der Waals surface area contributed by atoms with Crippen LogP contribution in [0.5, 0.6) is 23.3 Å². The summed E-state index contributed by atoms with van der Waals surface area (Å²) in [6.45, 7) is -0.146. The van der Waals surface area contributed by atoms with E-state index in [9.17, 15) is 0 Å². The van der Waals surface area contributed by atoms with Crippen molar-refractivity contribution in [3.63, 3.8) is 0 Å². The van der Waals surface area contributed by atoms with Gasteiger partial charge in [0.25, 0.3) is 6.01 Å². The summed E-state index contributed by atoms with van der Waals surface area (Å²) < 4.78 is 16.7. The first kappa shape index (κ1) is 19.1. The normalized spacial score (nSPS) is 13.2. The van der Waals surface area contributed by atoms with Crippen molar-refractivity contribution in [3.05, 3.63) is 97.2 Å². The Labute approximate surface area is 210 Å². The summed E-state index contributed by atoms with van der Waals surface area (Å²) in [5, 5.41) is 2.33. The first-order valence-electron chi connectivity index (χ1n) is 12.2. The number of hydrogen-bond donors (Lipinski definition) is 0. The predicted octanol–water partition coefficient (Wildman–Crippen LogP) is 4.79. The molecule has 3 aromatic heterocycles. The number of rotatable bonds is 1. The fraction of sp³-hybridized carbons (Fsp3) is 0. The van der Waals surface area contributed by atoms with Gasteiger partial charge in [0, 0.05) is 16.2 Å². The van der Waals surface area contributed by atoms with E-state index in [1.807, 2.05) is 54.7 Å². The van der Waals surface area contributed by atoms with E-state index in [4.69, 9.17) is 24.4 Å². The molecule has 5 heterocycles. The molecule has 2 aliphatic heterocycles. The molecule has 172 valence electrons. The number of imidazole rings is 1. The highest BCUT2D eigenvalue weighted by atomic mass is 16.5. The van der Waals surface area contributed by atoms with Crippen molar-refractivity contribution in [1.29, 1.82) is 0 Å². The zero-order chi connectivity index (χ0) is 24.1. The highest BCUT2D eigenvalue weighted by Gasteiger charge is 2.42. The van der Waals surface area contributed by atoms with Crippen LogP contribution in [0, 0.1) is 0 Å². The lowest BCUT2D eigenvalue weighted by molar-refractivity contribution is 0.429. The number of aromatic nitrogens is 5. The van der Waals surface area contributed by atoms with Crippen LogP contribution in [0.1, 0.15) is 0 Å². The van der Waals surface area contributed by atoms with Crippen LogP contribution in [0.2, 0.25) is 0 Å². The summed E-state index contributed by atoms with van der Waals surface area (Å²) in [4.78, 5) is 14.7. The van der Waals surface area contributed by atoms with Gasteiger partial charge in [0.2, 0.25) is 5.95 Å². The average molecular weight is 477 g/mol. The van der Waals surface area contributed by atoms with E-state index in [0.717, 1.165) is 55.5 Å². The summed E-state index contributed by atoms with van der Waals surface area (Å²) in [5.74, 6) is 2.94. The van der Waals surface area contributed by atoms with Crippen molar-refractivity contribution in [2.24, 2.45) is 0 Å². The van der Waals surface area contributed by atoms with Gasteiger partial charge in [-0.25, -0.2) is 4.98 Å². The van der Waals surface area contributed by atoms with Crippen LogP contribution in [0.3, 0.4) is 0 Å². The lowest BCUT2D eigenvalue weighted by atomic mass is 9.48. The summed E-state index contributed by atoms with van der Waals surface area (Å²) in [6.07, 6.45) is 1.85. The molecule has 4 aromatic carbocycles. The van der Waals surface area contributed by atoms with E-state index in [1.165, 1.54) is 0 Å². The second-order valence-corrected chi connectivity index (χ2v) is 9.33. The maximum Gasteiger partial charge on any atom is 0.345 e. The lowest BCUT2D eigenvalue weighted by Crippen LogP contribution is -2.54. The lowest BCUT2D eigenvalue weighted by Gasteiger charge is -2.31. The molecule has 37 heavy (non-hydrogen) atoms. The van der Waals surface area contributed by atoms with Gasteiger partial charge >= 0.3 is 6.85 Å². The van der Waals surface area contributed by atoms with Gasteiger partial charge in [0.15, 0.2) is 5.65 Å². The molecule has 0 atom stereocenters. The Kier molecular flexibility index (Phi) is 3.50. The Morgan fingerprint density at radius 2 is 1.30 bits per heavy atom. The van der Waals surface area contributed by atoms with Gasteiger partial charge in [0.1, 0.15) is 17.2 Å². The number of benzene rings is 4. The molecule has 0 fully saturated rings. The van der Waals surface area contributed by atoms with Crippen molar-refractivity contribution in [2.75, 3.05) is 0 Å². The zero-order valence-corrected chi connectivity index (χ0v) is 19.4. The Morgan fingerprint density at radius 1 is 0.622 bits per heavy atom. The first-order valence-corrected chi connectivity index (χ1v) is 12.2. The predicted molar refractivity (Wildman–Crippen MR) is 143 cm³/mol. The van der Waals surface area contributed by atoms with E-state index in [0.29, 0.717) is 17.6 Å². The van der Waals surface area contributed by atoms with Crippen LogP contribution in [-0.2, 0) is 0 Å².